The van der Waals surface area contributed by atoms with E-state index in [9.17, 15) is 4.79 Å². The minimum absolute atomic E-state index is 0.237. The lowest BCUT2D eigenvalue weighted by Gasteiger charge is -2.28. The van der Waals surface area contributed by atoms with Gasteiger partial charge in [0.15, 0.2) is 0 Å². The zero-order valence-electron chi connectivity index (χ0n) is 14.1. The standard InChI is InChI=1S/C19H30N2O/c1-3-16(13-17-7-5-4-6-8-17)15-20-19(22)14-18-9-11-21(2)12-10-18/h4-8,16,18H,3,9-15H2,1-2H3,(H,20,22)/t16-/m0/s1. The topological polar surface area (TPSA) is 32.3 Å². The summed E-state index contributed by atoms with van der Waals surface area (Å²) in [5.41, 5.74) is 1.36. The summed E-state index contributed by atoms with van der Waals surface area (Å²) in [6.45, 7) is 5.26. The Morgan fingerprint density at radius 3 is 2.59 bits per heavy atom. The van der Waals surface area contributed by atoms with Crippen molar-refractivity contribution in [2.75, 3.05) is 26.7 Å². The van der Waals surface area contributed by atoms with Crippen molar-refractivity contribution < 1.29 is 4.79 Å². The number of nitrogens with one attached hydrogen (secondary N) is 1. The summed E-state index contributed by atoms with van der Waals surface area (Å²) in [5.74, 6) is 1.34. The Balaban J connectivity index is 1.70. The minimum Gasteiger partial charge on any atom is -0.356 e. The fourth-order valence-corrected chi connectivity index (χ4v) is 3.17. The number of carbonyl (C=O) groups excluding carboxylic acids is 1. The first kappa shape index (κ1) is 17.0. The first-order valence-corrected chi connectivity index (χ1v) is 8.66. The Morgan fingerprint density at radius 2 is 1.95 bits per heavy atom. The smallest absolute Gasteiger partial charge is 0.220 e. The van der Waals surface area contributed by atoms with Gasteiger partial charge in [0, 0.05) is 13.0 Å². The van der Waals surface area contributed by atoms with E-state index in [1.165, 1.54) is 5.56 Å². The molecule has 1 aromatic carbocycles. The second kappa shape index (κ2) is 8.94. The van der Waals surface area contributed by atoms with Crippen molar-refractivity contribution in [2.45, 2.75) is 39.0 Å². The van der Waals surface area contributed by atoms with E-state index in [-0.39, 0.29) is 5.91 Å². The number of piperidine rings is 1. The maximum Gasteiger partial charge on any atom is 0.220 e. The van der Waals surface area contributed by atoms with Gasteiger partial charge in [-0.15, -0.1) is 0 Å². The van der Waals surface area contributed by atoms with Crippen LogP contribution in [0.1, 0.15) is 38.2 Å². The van der Waals surface area contributed by atoms with Gasteiger partial charge in [-0.2, -0.15) is 0 Å². The monoisotopic (exact) mass is 302 g/mol. The molecule has 1 heterocycles. The van der Waals surface area contributed by atoms with Gasteiger partial charge in [-0.3, -0.25) is 4.79 Å². The molecule has 1 amide bonds. The van der Waals surface area contributed by atoms with E-state index in [2.05, 4.69) is 48.5 Å². The number of likely N-dealkylation sites (tertiary alicyclic amines) is 1. The molecule has 0 bridgehead atoms. The Hall–Kier alpha value is -1.35. The number of carbonyl (C=O) groups is 1. The first-order valence-electron chi connectivity index (χ1n) is 8.66. The molecule has 0 aliphatic carbocycles. The Bertz CT molecular complexity index is 438. The van der Waals surface area contributed by atoms with Gasteiger partial charge < -0.3 is 10.2 Å². The van der Waals surface area contributed by atoms with Gasteiger partial charge in [0.2, 0.25) is 5.91 Å². The molecule has 1 aromatic rings. The molecule has 122 valence electrons. The van der Waals surface area contributed by atoms with Crippen LogP contribution in [0.15, 0.2) is 30.3 Å². The summed E-state index contributed by atoms with van der Waals surface area (Å²) < 4.78 is 0. The van der Waals surface area contributed by atoms with Gasteiger partial charge in [-0.25, -0.2) is 0 Å². The maximum atomic E-state index is 12.1. The van der Waals surface area contributed by atoms with Crippen LogP contribution in [0.5, 0.6) is 0 Å². The second-order valence-electron chi connectivity index (χ2n) is 6.72. The largest absolute Gasteiger partial charge is 0.356 e. The van der Waals surface area contributed by atoms with E-state index >= 15 is 0 Å². The highest BCUT2D eigenvalue weighted by Crippen LogP contribution is 2.19. The lowest BCUT2D eigenvalue weighted by atomic mass is 9.93. The molecule has 0 aromatic heterocycles. The molecular formula is C19H30N2O. The number of rotatable bonds is 7. The SMILES string of the molecule is CC[C@H](CNC(=O)CC1CCN(C)CC1)Cc1ccccc1. The first-order chi connectivity index (χ1) is 10.7. The van der Waals surface area contributed by atoms with Gasteiger partial charge in [0.05, 0.1) is 0 Å². The molecule has 2 rings (SSSR count). The molecular weight excluding hydrogens is 272 g/mol. The Kier molecular flexibility index (Phi) is 6.91. The molecule has 1 aliphatic heterocycles. The van der Waals surface area contributed by atoms with Crippen molar-refractivity contribution in [3.05, 3.63) is 35.9 Å². The molecule has 22 heavy (non-hydrogen) atoms. The highest BCUT2D eigenvalue weighted by Gasteiger charge is 2.19. The third kappa shape index (κ3) is 5.80. The van der Waals surface area contributed by atoms with Crippen molar-refractivity contribution in [1.82, 2.24) is 10.2 Å². The quantitative estimate of drug-likeness (QED) is 0.839. The van der Waals surface area contributed by atoms with Gasteiger partial charge in [-0.1, -0.05) is 43.7 Å². The van der Waals surface area contributed by atoms with Crippen LogP contribution in [0, 0.1) is 11.8 Å². The highest BCUT2D eigenvalue weighted by atomic mass is 16.1. The van der Waals surface area contributed by atoms with Gasteiger partial charge in [-0.05, 0) is 56.8 Å². The molecule has 1 aliphatic rings. The fourth-order valence-electron chi connectivity index (χ4n) is 3.17. The second-order valence-corrected chi connectivity index (χ2v) is 6.72. The third-order valence-corrected chi connectivity index (χ3v) is 4.84. The zero-order valence-corrected chi connectivity index (χ0v) is 14.1. The molecule has 1 N–H and O–H groups in total. The molecule has 1 fully saturated rings. The molecule has 0 unspecified atom stereocenters. The van der Waals surface area contributed by atoms with Crippen LogP contribution in [-0.2, 0) is 11.2 Å². The Labute approximate surface area is 135 Å². The summed E-state index contributed by atoms with van der Waals surface area (Å²) in [4.78, 5) is 14.5. The summed E-state index contributed by atoms with van der Waals surface area (Å²) in [6.07, 6.45) is 5.17. The zero-order chi connectivity index (χ0) is 15.8. The van der Waals surface area contributed by atoms with E-state index in [0.29, 0.717) is 18.3 Å². The van der Waals surface area contributed by atoms with Crippen LogP contribution < -0.4 is 5.32 Å². The van der Waals surface area contributed by atoms with Crippen LogP contribution in [-0.4, -0.2) is 37.5 Å². The average molecular weight is 302 g/mol. The number of amides is 1. The lowest BCUT2D eigenvalue weighted by Crippen LogP contribution is -2.35. The predicted octanol–water partition coefficient (Wildman–Crippen LogP) is 3.10. The molecule has 0 saturated carbocycles. The number of benzene rings is 1. The summed E-state index contributed by atoms with van der Waals surface area (Å²) in [5, 5.41) is 3.16. The average Bonchev–Trinajstić information content (AvgIpc) is 2.54. The van der Waals surface area contributed by atoms with E-state index in [4.69, 9.17) is 0 Å². The van der Waals surface area contributed by atoms with Crippen molar-refractivity contribution >= 4 is 5.91 Å². The van der Waals surface area contributed by atoms with E-state index in [1.807, 2.05) is 6.07 Å². The molecule has 1 saturated heterocycles. The maximum absolute atomic E-state index is 12.1. The lowest BCUT2D eigenvalue weighted by molar-refractivity contribution is -0.122. The summed E-state index contributed by atoms with van der Waals surface area (Å²) >= 11 is 0. The van der Waals surface area contributed by atoms with Crippen molar-refractivity contribution in [1.29, 1.82) is 0 Å². The van der Waals surface area contributed by atoms with Crippen LogP contribution in [0.4, 0.5) is 0 Å². The molecule has 0 spiro atoms. The molecule has 3 nitrogen and oxygen atoms in total. The van der Waals surface area contributed by atoms with E-state index in [0.717, 1.165) is 45.3 Å². The molecule has 3 heteroatoms. The fraction of sp³-hybridized carbons (Fsp3) is 0.632. The number of hydrogen-bond donors (Lipinski definition) is 1. The van der Waals surface area contributed by atoms with Gasteiger partial charge in [0.25, 0.3) is 0 Å². The van der Waals surface area contributed by atoms with Gasteiger partial charge >= 0.3 is 0 Å². The third-order valence-electron chi connectivity index (χ3n) is 4.84. The number of nitrogens with zero attached hydrogens (tertiary/aromatic N) is 1. The van der Waals surface area contributed by atoms with Gasteiger partial charge in [0.1, 0.15) is 0 Å². The molecule has 0 radical (unpaired) electrons. The van der Waals surface area contributed by atoms with Crippen molar-refractivity contribution in [3.8, 4) is 0 Å². The summed E-state index contributed by atoms with van der Waals surface area (Å²) in [6, 6.07) is 10.6. The van der Waals surface area contributed by atoms with Crippen molar-refractivity contribution in [3.63, 3.8) is 0 Å². The number of hydrogen-bond acceptors (Lipinski definition) is 2. The van der Waals surface area contributed by atoms with E-state index < -0.39 is 0 Å². The van der Waals surface area contributed by atoms with Crippen LogP contribution in [0.2, 0.25) is 0 Å². The van der Waals surface area contributed by atoms with Crippen molar-refractivity contribution in [2.24, 2.45) is 11.8 Å². The Morgan fingerprint density at radius 1 is 1.27 bits per heavy atom. The van der Waals surface area contributed by atoms with Crippen LogP contribution >= 0.6 is 0 Å². The highest BCUT2D eigenvalue weighted by molar-refractivity contribution is 5.76. The minimum atomic E-state index is 0.237. The predicted molar refractivity (Wildman–Crippen MR) is 91.8 cm³/mol. The van der Waals surface area contributed by atoms with E-state index in [1.54, 1.807) is 0 Å². The molecule has 1 atom stereocenters. The van der Waals surface area contributed by atoms with Crippen LogP contribution in [0.25, 0.3) is 0 Å². The van der Waals surface area contributed by atoms with Crippen LogP contribution in [0.3, 0.4) is 0 Å². The normalized spacial score (nSPS) is 18.1. The summed E-state index contributed by atoms with van der Waals surface area (Å²) in [7, 11) is 2.16.